The average Bonchev–Trinajstić information content (AvgIpc) is 3.09. The number of thioether (sulfide) groups is 2. The number of hydrogen-bond donors (Lipinski definition) is 1. The molecule has 0 saturated heterocycles. The fourth-order valence-electron chi connectivity index (χ4n) is 2.37. The van der Waals surface area contributed by atoms with Crippen molar-refractivity contribution in [3.05, 3.63) is 42.5 Å². The van der Waals surface area contributed by atoms with Crippen LogP contribution in [-0.2, 0) is 14.6 Å². The predicted octanol–water partition coefficient (Wildman–Crippen LogP) is 4.07. The van der Waals surface area contributed by atoms with Gasteiger partial charge in [0.25, 0.3) is 5.22 Å². The number of carbonyl (C=O) groups is 1. The maximum atomic E-state index is 12.2. The maximum Gasteiger partial charge on any atom is 0.257 e. The minimum atomic E-state index is -3.30. The lowest BCUT2D eigenvalue weighted by Crippen LogP contribution is -2.14. The Kier molecular flexibility index (Phi) is 6.13. The molecule has 0 unspecified atom stereocenters. The summed E-state index contributed by atoms with van der Waals surface area (Å²) in [7, 11) is -3.30. The Morgan fingerprint density at radius 3 is 2.74 bits per heavy atom. The van der Waals surface area contributed by atoms with Crippen LogP contribution < -0.4 is 5.32 Å². The SMILES string of the molecule is CCS(=O)(=O)c1ccc2oc(SCC(=O)Nc3ccccc3SC)nc2c1. The number of nitrogens with one attached hydrogen (secondary N) is 1. The van der Waals surface area contributed by atoms with Gasteiger partial charge in [0.1, 0.15) is 5.52 Å². The average molecular weight is 423 g/mol. The van der Waals surface area contributed by atoms with Gasteiger partial charge in [-0.05, 0) is 36.6 Å². The van der Waals surface area contributed by atoms with Crippen molar-refractivity contribution in [2.24, 2.45) is 0 Å². The third kappa shape index (κ3) is 4.66. The molecule has 0 saturated carbocycles. The molecule has 1 aromatic heterocycles. The number of fused-ring (bicyclic) bond motifs is 1. The second kappa shape index (κ2) is 8.37. The lowest BCUT2D eigenvalue weighted by atomic mass is 10.3. The Hall–Kier alpha value is -1.97. The fraction of sp³-hybridized carbons (Fsp3) is 0.222. The number of sulfone groups is 1. The largest absolute Gasteiger partial charge is 0.431 e. The van der Waals surface area contributed by atoms with Crippen LogP contribution in [0, 0.1) is 0 Å². The zero-order valence-corrected chi connectivity index (χ0v) is 17.2. The second-order valence-corrected chi connectivity index (χ2v) is 9.60. The molecule has 6 nitrogen and oxygen atoms in total. The van der Waals surface area contributed by atoms with Gasteiger partial charge in [0.05, 0.1) is 22.1 Å². The van der Waals surface area contributed by atoms with Gasteiger partial charge in [-0.25, -0.2) is 13.4 Å². The van der Waals surface area contributed by atoms with E-state index in [1.807, 2.05) is 30.5 Å². The van der Waals surface area contributed by atoms with Crippen molar-refractivity contribution < 1.29 is 17.6 Å². The van der Waals surface area contributed by atoms with E-state index in [9.17, 15) is 13.2 Å². The summed E-state index contributed by atoms with van der Waals surface area (Å²) < 4.78 is 29.5. The number of carbonyl (C=O) groups excluding carboxylic acids is 1. The van der Waals surface area contributed by atoms with Gasteiger partial charge in [-0.2, -0.15) is 0 Å². The van der Waals surface area contributed by atoms with Crippen molar-refractivity contribution in [1.29, 1.82) is 0 Å². The van der Waals surface area contributed by atoms with Crippen LogP contribution in [0.2, 0.25) is 0 Å². The Labute approximate surface area is 166 Å². The maximum absolute atomic E-state index is 12.2. The topological polar surface area (TPSA) is 89.3 Å². The van der Waals surface area contributed by atoms with E-state index < -0.39 is 9.84 Å². The number of para-hydroxylation sites is 1. The molecule has 9 heteroatoms. The summed E-state index contributed by atoms with van der Waals surface area (Å²) >= 11 is 2.72. The highest BCUT2D eigenvalue weighted by atomic mass is 32.2. The number of anilines is 1. The van der Waals surface area contributed by atoms with Gasteiger partial charge < -0.3 is 9.73 Å². The second-order valence-electron chi connectivity index (χ2n) is 5.55. The molecule has 27 heavy (non-hydrogen) atoms. The number of amides is 1. The zero-order chi connectivity index (χ0) is 19.4. The van der Waals surface area contributed by atoms with E-state index >= 15 is 0 Å². The number of aromatic nitrogens is 1. The normalized spacial score (nSPS) is 11.6. The lowest BCUT2D eigenvalue weighted by molar-refractivity contribution is -0.113. The molecular weight excluding hydrogens is 404 g/mol. The van der Waals surface area contributed by atoms with Crippen LogP contribution in [0.4, 0.5) is 5.69 Å². The van der Waals surface area contributed by atoms with E-state index in [1.165, 1.54) is 12.1 Å². The quantitative estimate of drug-likeness (QED) is 0.574. The summed E-state index contributed by atoms with van der Waals surface area (Å²) in [6, 6.07) is 12.2. The Morgan fingerprint density at radius 1 is 1.22 bits per heavy atom. The van der Waals surface area contributed by atoms with Crippen LogP contribution in [0.15, 0.2) is 61.9 Å². The van der Waals surface area contributed by atoms with Gasteiger partial charge in [-0.3, -0.25) is 4.79 Å². The summed E-state index contributed by atoms with van der Waals surface area (Å²) in [5.74, 6) is -0.0105. The van der Waals surface area contributed by atoms with Gasteiger partial charge in [0.15, 0.2) is 15.4 Å². The molecule has 0 radical (unpaired) electrons. The van der Waals surface area contributed by atoms with Crippen molar-refractivity contribution in [1.82, 2.24) is 4.98 Å². The van der Waals surface area contributed by atoms with E-state index in [-0.39, 0.29) is 22.3 Å². The van der Waals surface area contributed by atoms with Crippen LogP contribution in [0.5, 0.6) is 0 Å². The highest BCUT2D eigenvalue weighted by Gasteiger charge is 2.15. The molecule has 0 aliphatic carbocycles. The first kappa shape index (κ1) is 19.8. The third-order valence-electron chi connectivity index (χ3n) is 3.79. The molecule has 2 aromatic carbocycles. The first-order valence-electron chi connectivity index (χ1n) is 8.12. The highest BCUT2D eigenvalue weighted by molar-refractivity contribution is 7.99. The molecule has 1 N–H and O–H groups in total. The van der Waals surface area contributed by atoms with Crippen molar-refractivity contribution in [2.75, 3.05) is 23.1 Å². The van der Waals surface area contributed by atoms with Crippen molar-refractivity contribution in [3.8, 4) is 0 Å². The Bertz CT molecular complexity index is 1080. The summed E-state index contributed by atoms with van der Waals surface area (Å²) in [5.41, 5.74) is 1.71. The van der Waals surface area contributed by atoms with Gasteiger partial charge in [0.2, 0.25) is 5.91 Å². The molecule has 0 atom stereocenters. The van der Waals surface area contributed by atoms with Crippen LogP contribution in [0.3, 0.4) is 0 Å². The molecule has 0 aliphatic heterocycles. The molecule has 1 amide bonds. The third-order valence-corrected chi connectivity index (χ3v) is 7.14. The summed E-state index contributed by atoms with van der Waals surface area (Å²) in [6.07, 6.45) is 1.95. The number of nitrogens with zero attached hydrogens (tertiary/aromatic N) is 1. The molecule has 0 aliphatic rings. The van der Waals surface area contributed by atoms with Gasteiger partial charge in [-0.15, -0.1) is 11.8 Å². The number of benzene rings is 2. The minimum Gasteiger partial charge on any atom is -0.431 e. The predicted molar refractivity (Wildman–Crippen MR) is 109 cm³/mol. The first-order chi connectivity index (χ1) is 12.9. The van der Waals surface area contributed by atoms with Gasteiger partial charge in [-0.1, -0.05) is 30.8 Å². The monoisotopic (exact) mass is 422 g/mol. The molecule has 0 bridgehead atoms. The molecule has 3 rings (SSSR count). The van der Waals surface area contributed by atoms with Crippen LogP contribution in [0.25, 0.3) is 11.1 Å². The smallest absolute Gasteiger partial charge is 0.257 e. The van der Waals surface area contributed by atoms with E-state index in [4.69, 9.17) is 4.42 Å². The van der Waals surface area contributed by atoms with Crippen molar-refractivity contribution in [2.45, 2.75) is 21.9 Å². The molecule has 142 valence electrons. The number of oxazole rings is 1. The molecular formula is C18H18N2O4S3. The molecule has 0 spiro atoms. The minimum absolute atomic E-state index is 0.0235. The standard InChI is InChI=1S/C18H18N2O4S3/c1-3-27(22,23)12-8-9-15-14(10-12)20-18(24-15)26-11-17(21)19-13-6-4-5-7-16(13)25-2/h4-10H,3,11H2,1-2H3,(H,19,21). The molecule has 3 aromatic rings. The zero-order valence-electron chi connectivity index (χ0n) is 14.8. The Balaban J connectivity index is 1.69. The fourth-order valence-corrected chi connectivity index (χ4v) is 4.46. The molecule has 0 fully saturated rings. The van der Waals surface area contributed by atoms with Gasteiger partial charge in [0, 0.05) is 4.90 Å². The summed E-state index contributed by atoms with van der Waals surface area (Å²) in [4.78, 5) is 17.7. The van der Waals surface area contributed by atoms with Crippen LogP contribution in [-0.4, -0.2) is 37.1 Å². The number of hydrogen-bond acceptors (Lipinski definition) is 7. The summed E-state index contributed by atoms with van der Waals surface area (Å²) in [5, 5.41) is 3.20. The van der Waals surface area contributed by atoms with Crippen molar-refractivity contribution in [3.63, 3.8) is 0 Å². The lowest BCUT2D eigenvalue weighted by Gasteiger charge is -2.08. The van der Waals surface area contributed by atoms with Gasteiger partial charge >= 0.3 is 0 Å². The van der Waals surface area contributed by atoms with Crippen molar-refractivity contribution >= 4 is 56.1 Å². The van der Waals surface area contributed by atoms with E-state index in [0.717, 1.165) is 22.3 Å². The Morgan fingerprint density at radius 2 is 2.00 bits per heavy atom. The van der Waals surface area contributed by atoms with Crippen LogP contribution in [0.1, 0.15) is 6.92 Å². The first-order valence-corrected chi connectivity index (χ1v) is 12.0. The molecule has 1 heterocycles. The highest BCUT2D eigenvalue weighted by Crippen LogP contribution is 2.27. The van der Waals surface area contributed by atoms with E-state index in [2.05, 4.69) is 10.3 Å². The number of rotatable bonds is 7. The summed E-state index contributed by atoms with van der Waals surface area (Å²) in [6.45, 7) is 1.59. The van der Waals surface area contributed by atoms with Crippen LogP contribution >= 0.6 is 23.5 Å². The van der Waals surface area contributed by atoms with E-state index in [1.54, 1.807) is 24.8 Å². The van der Waals surface area contributed by atoms with E-state index in [0.29, 0.717) is 16.3 Å².